The van der Waals surface area contributed by atoms with E-state index < -0.39 is 24.3 Å². The molecule has 10 nitrogen and oxygen atoms in total. The van der Waals surface area contributed by atoms with Gasteiger partial charge in [-0.25, -0.2) is 9.59 Å². The Balaban J connectivity index is 0.000000333. The molecule has 1 aromatic carbocycles. The van der Waals surface area contributed by atoms with E-state index in [1.54, 1.807) is 0 Å². The predicted octanol–water partition coefficient (Wildman–Crippen LogP) is 3.48. The van der Waals surface area contributed by atoms with Crippen molar-refractivity contribution in [2.24, 2.45) is 0 Å². The molecule has 2 aliphatic heterocycles. The second-order valence-electron chi connectivity index (χ2n) is 9.27. The van der Waals surface area contributed by atoms with Crippen LogP contribution < -0.4 is 4.90 Å². The zero-order valence-corrected chi connectivity index (χ0v) is 21.7. The van der Waals surface area contributed by atoms with Crippen LogP contribution in [0.5, 0.6) is 0 Å². The van der Waals surface area contributed by atoms with Crippen LogP contribution in [0.15, 0.2) is 34.9 Å². The average molecular weight is 582 g/mol. The minimum absolute atomic E-state index is 0.00270. The van der Waals surface area contributed by atoms with Gasteiger partial charge in [-0.1, -0.05) is 23.4 Å². The summed E-state index contributed by atoms with van der Waals surface area (Å²) in [5.74, 6) is -4.44. The lowest BCUT2D eigenvalue weighted by atomic mass is 9.92. The third-order valence-electron chi connectivity index (χ3n) is 6.46. The molecule has 2 N–H and O–H groups in total. The number of aromatic nitrogens is 1. The Labute approximate surface area is 224 Å². The smallest absolute Gasteiger partial charge is 0.475 e. The predicted molar refractivity (Wildman–Crippen MR) is 127 cm³/mol. The highest BCUT2D eigenvalue weighted by Gasteiger charge is 2.47. The lowest BCUT2D eigenvalue weighted by molar-refractivity contribution is -0.193. The molecule has 222 valence electrons. The van der Waals surface area contributed by atoms with E-state index in [1.165, 1.54) is 5.56 Å². The molecule has 1 unspecified atom stereocenters. The summed E-state index contributed by atoms with van der Waals surface area (Å²) < 4.78 is 68.8. The highest BCUT2D eigenvalue weighted by molar-refractivity contribution is 5.96. The number of aliphatic carboxylic acids is 2. The molecular formula is C24H28F6N4O6. The van der Waals surface area contributed by atoms with E-state index in [4.69, 9.17) is 24.3 Å². The number of halogens is 6. The monoisotopic (exact) mass is 582 g/mol. The molecule has 0 bridgehead atoms. The number of piperazine rings is 1. The highest BCUT2D eigenvalue weighted by atomic mass is 19.4. The largest absolute Gasteiger partial charge is 0.490 e. The summed E-state index contributed by atoms with van der Waals surface area (Å²) in [6.45, 7) is 8.01. The second kappa shape index (κ2) is 12.7. The second-order valence-corrected chi connectivity index (χ2v) is 9.27. The number of alkyl halides is 6. The summed E-state index contributed by atoms with van der Waals surface area (Å²) in [5.41, 5.74) is 3.16. The van der Waals surface area contributed by atoms with Crippen LogP contribution in [0.25, 0.3) is 0 Å². The summed E-state index contributed by atoms with van der Waals surface area (Å²) in [5, 5.41) is 18.3. The summed E-state index contributed by atoms with van der Waals surface area (Å²) >= 11 is 0. The Morgan fingerprint density at radius 3 is 1.98 bits per heavy atom. The number of anilines is 1. The molecule has 1 spiro atoms. The molecule has 0 saturated carbocycles. The number of hydrogen-bond donors (Lipinski definition) is 2. The van der Waals surface area contributed by atoms with E-state index >= 15 is 0 Å². The normalized spacial score (nSPS) is 20.0. The molecule has 2 saturated heterocycles. The zero-order chi connectivity index (χ0) is 30.5. The fourth-order valence-corrected chi connectivity index (χ4v) is 4.27. The molecule has 1 aromatic heterocycles. The van der Waals surface area contributed by atoms with E-state index in [9.17, 15) is 31.1 Å². The summed E-state index contributed by atoms with van der Waals surface area (Å²) in [7, 11) is 2.08. The molecule has 2 aromatic rings. The quantitative estimate of drug-likeness (QED) is 0.523. The summed E-state index contributed by atoms with van der Waals surface area (Å²) in [6.07, 6.45) is -9.11. The summed E-state index contributed by atoms with van der Waals surface area (Å²) in [4.78, 5) is 37.1. The number of likely N-dealkylation sites (N-methyl/N-ethyl adjacent to an activating group) is 1. The van der Waals surface area contributed by atoms with Crippen molar-refractivity contribution in [2.75, 3.05) is 38.1 Å². The maximum atomic E-state index is 12.6. The molecule has 1 amide bonds. The Hall–Kier alpha value is -3.66. The van der Waals surface area contributed by atoms with Crippen LogP contribution in [0.2, 0.25) is 0 Å². The number of nitrogens with zero attached hydrogens (tertiary/aromatic N) is 4. The van der Waals surface area contributed by atoms with Crippen molar-refractivity contribution < 1.29 is 55.5 Å². The number of carboxylic acid groups (broad SMARTS) is 2. The van der Waals surface area contributed by atoms with E-state index in [0.717, 1.165) is 49.7 Å². The van der Waals surface area contributed by atoms with Gasteiger partial charge in [-0.15, -0.1) is 0 Å². The van der Waals surface area contributed by atoms with Crippen molar-refractivity contribution in [3.8, 4) is 0 Å². The first-order valence-corrected chi connectivity index (χ1v) is 11.7. The molecule has 2 aliphatic rings. The van der Waals surface area contributed by atoms with Gasteiger partial charge < -0.3 is 19.6 Å². The van der Waals surface area contributed by atoms with E-state index in [1.807, 2.05) is 49.1 Å². The van der Waals surface area contributed by atoms with Crippen molar-refractivity contribution >= 4 is 23.5 Å². The van der Waals surface area contributed by atoms with Crippen LogP contribution in [0.1, 0.15) is 23.4 Å². The SMILES string of the molecule is Cc1noc(C)c1CN1CCC2(C1)CN(c1ccccc1)C(=O)CN2C.O=C(O)C(F)(F)F.O=C(O)C(F)(F)F. The number of aryl methyl sites for hydroxylation is 2. The number of rotatable bonds is 3. The minimum atomic E-state index is -5.08. The van der Waals surface area contributed by atoms with Crippen LogP contribution in [-0.2, 0) is 20.9 Å². The topological polar surface area (TPSA) is 127 Å². The molecule has 1 atom stereocenters. The maximum Gasteiger partial charge on any atom is 0.490 e. The molecule has 0 aliphatic carbocycles. The number of amides is 1. The van der Waals surface area contributed by atoms with Crippen molar-refractivity contribution in [3.63, 3.8) is 0 Å². The van der Waals surface area contributed by atoms with Gasteiger partial charge in [-0.2, -0.15) is 26.3 Å². The first-order valence-electron chi connectivity index (χ1n) is 11.7. The molecule has 40 heavy (non-hydrogen) atoms. The zero-order valence-electron chi connectivity index (χ0n) is 21.7. The first-order chi connectivity index (χ1) is 18.4. The number of likely N-dealkylation sites (tertiary alicyclic amines) is 1. The van der Waals surface area contributed by atoms with E-state index in [-0.39, 0.29) is 11.4 Å². The molecule has 16 heteroatoms. The summed E-state index contributed by atoms with van der Waals surface area (Å²) in [6, 6.07) is 10.0. The Kier molecular flexibility index (Phi) is 10.3. The number of carbonyl (C=O) groups is 3. The standard InChI is InChI=1S/C20H26N4O2.2C2HF3O2/c1-15-18(16(2)26-21-15)11-23-10-9-20(13-23)14-24(19(25)12-22(20)3)17-7-5-4-6-8-17;2*3-2(4,5)1(6)7/h4-8H,9-14H2,1-3H3;2*(H,6,7). The molecule has 0 radical (unpaired) electrons. The van der Waals surface area contributed by atoms with Gasteiger partial charge in [0.1, 0.15) is 5.76 Å². The van der Waals surface area contributed by atoms with E-state index in [0.29, 0.717) is 6.54 Å². The lowest BCUT2D eigenvalue weighted by Gasteiger charge is -2.47. The van der Waals surface area contributed by atoms with Gasteiger partial charge in [0.2, 0.25) is 5.91 Å². The van der Waals surface area contributed by atoms with Crippen LogP contribution in [0.4, 0.5) is 32.0 Å². The average Bonchev–Trinajstić information content (AvgIpc) is 3.41. The lowest BCUT2D eigenvalue weighted by Crippen LogP contribution is -2.64. The van der Waals surface area contributed by atoms with Gasteiger partial charge in [-0.3, -0.25) is 14.6 Å². The number of hydrogen-bond acceptors (Lipinski definition) is 7. The Bertz CT molecular complexity index is 1140. The fourth-order valence-electron chi connectivity index (χ4n) is 4.27. The number of carboxylic acids is 2. The Morgan fingerprint density at radius 1 is 1.00 bits per heavy atom. The Morgan fingerprint density at radius 2 is 1.52 bits per heavy atom. The van der Waals surface area contributed by atoms with Crippen LogP contribution in [0.3, 0.4) is 0 Å². The number of para-hydroxylation sites is 1. The van der Waals surface area contributed by atoms with Gasteiger partial charge >= 0.3 is 24.3 Å². The van der Waals surface area contributed by atoms with Crippen LogP contribution >= 0.6 is 0 Å². The van der Waals surface area contributed by atoms with Crippen LogP contribution in [-0.4, -0.2) is 94.1 Å². The molecule has 4 rings (SSSR count). The molecule has 3 heterocycles. The fraction of sp³-hybridized carbons (Fsp3) is 0.500. The number of benzene rings is 1. The third kappa shape index (κ3) is 8.42. The van der Waals surface area contributed by atoms with Crippen LogP contribution in [0, 0.1) is 13.8 Å². The molecular weight excluding hydrogens is 554 g/mol. The third-order valence-corrected chi connectivity index (χ3v) is 6.46. The van der Waals surface area contributed by atoms with E-state index in [2.05, 4.69) is 22.0 Å². The van der Waals surface area contributed by atoms with Crippen molar-refractivity contribution in [1.29, 1.82) is 0 Å². The molecule has 2 fully saturated rings. The van der Waals surface area contributed by atoms with Crippen molar-refractivity contribution in [3.05, 3.63) is 47.3 Å². The van der Waals surface area contributed by atoms with Gasteiger partial charge in [0, 0.05) is 37.4 Å². The van der Waals surface area contributed by atoms with Gasteiger partial charge in [0.05, 0.1) is 17.8 Å². The highest BCUT2D eigenvalue weighted by Crippen LogP contribution is 2.34. The number of carbonyl (C=O) groups excluding carboxylic acids is 1. The minimum Gasteiger partial charge on any atom is -0.475 e. The first kappa shape index (κ1) is 32.6. The maximum absolute atomic E-state index is 12.6. The van der Waals surface area contributed by atoms with Gasteiger partial charge in [0.15, 0.2) is 0 Å². The van der Waals surface area contributed by atoms with Crippen molar-refractivity contribution in [2.45, 2.75) is 44.7 Å². The van der Waals surface area contributed by atoms with Gasteiger partial charge in [-0.05, 0) is 39.4 Å². The van der Waals surface area contributed by atoms with Crippen molar-refractivity contribution in [1.82, 2.24) is 15.0 Å². The van der Waals surface area contributed by atoms with Gasteiger partial charge in [0.25, 0.3) is 0 Å².